The van der Waals surface area contributed by atoms with E-state index in [-0.39, 0.29) is 31.5 Å². The van der Waals surface area contributed by atoms with Crippen molar-refractivity contribution in [2.45, 2.75) is 328 Å². The third-order valence-electron chi connectivity index (χ3n) is 15.9. The number of quaternary nitrogens is 1. The molecular formula is C79H140N2O7P+. The molecule has 0 aromatic carbocycles. The van der Waals surface area contributed by atoms with Crippen molar-refractivity contribution >= 4 is 19.7 Å². The van der Waals surface area contributed by atoms with E-state index in [9.17, 15) is 19.0 Å². The van der Waals surface area contributed by atoms with Gasteiger partial charge in [-0.25, -0.2) is 4.57 Å². The number of likely N-dealkylation sites (N-methyl/N-ethyl adjacent to an activating group) is 1. The molecule has 0 aliphatic rings. The topological polar surface area (TPSA) is 111 Å². The first kappa shape index (κ1) is 85.4. The number of unbranched alkanes of at least 4 members (excludes halogenated alkanes) is 32. The van der Waals surface area contributed by atoms with Crippen LogP contribution in [0.3, 0.4) is 0 Å². The Morgan fingerprint density at radius 2 is 0.719 bits per heavy atom. The summed E-state index contributed by atoms with van der Waals surface area (Å²) in [4.78, 5) is 38.0. The minimum atomic E-state index is -4.47. The van der Waals surface area contributed by atoms with Crippen molar-refractivity contribution in [2.24, 2.45) is 0 Å². The van der Waals surface area contributed by atoms with Crippen LogP contribution in [0.5, 0.6) is 0 Å². The Morgan fingerprint density at radius 1 is 0.404 bits per heavy atom. The fourth-order valence-electron chi connectivity index (χ4n) is 10.2. The van der Waals surface area contributed by atoms with Crippen LogP contribution in [-0.4, -0.2) is 74.3 Å². The van der Waals surface area contributed by atoms with Crippen LogP contribution < -0.4 is 5.32 Å². The van der Waals surface area contributed by atoms with Crippen LogP contribution >= 0.6 is 7.82 Å². The van der Waals surface area contributed by atoms with Gasteiger partial charge in [0.1, 0.15) is 19.3 Å². The number of carbonyl (C=O) groups excluding carboxylic acids is 2. The summed E-state index contributed by atoms with van der Waals surface area (Å²) in [6.45, 7) is 6.88. The molecule has 0 bridgehead atoms. The minimum absolute atomic E-state index is 0.0320. The Labute approximate surface area is 550 Å². The SMILES string of the molecule is CC/C=C\C/C=C\C/C=C\C/C=C\C/C=C\C/C=C\CCCCCCCCC(=O)OC(/C=C/CCCCCCCCCCCCC)C(COP(=O)(O)OCC[N+](C)(C)C)NC(=O)CCCCCCCCCCCCCC/C=C\C/C=C\C/C=C\CCCCC. The summed E-state index contributed by atoms with van der Waals surface area (Å²) >= 11 is 0. The average Bonchev–Trinajstić information content (AvgIpc) is 3.54. The van der Waals surface area contributed by atoms with Gasteiger partial charge in [0.25, 0.3) is 0 Å². The van der Waals surface area contributed by atoms with Crippen molar-refractivity contribution in [3.8, 4) is 0 Å². The maximum Gasteiger partial charge on any atom is 0.472 e. The molecule has 0 aliphatic carbocycles. The Morgan fingerprint density at radius 3 is 1.10 bits per heavy atom. The summed E-state index contributed by atoms with van der Waals surface area (Å²) in [6, 6.07) is -0.865. The summed E-state index contributed by atoms with van der Waals surface area (Å²) < 4.78 is 30.9. The third-order valence-corrected chi connectivity index (χ3v) is 16.9. The van der Waals surface area contributed by atoms with E-state index in [0.29, 0.717) is 17.4 Å². The lowest BCUT2D eigenvalue weighted by atomic mass is 10.0. The molecule has 9 nitrogen and oxygen atoms in total. The summed E-state index contributed by atoms with van der Waals surface area (Å²) in [5.41, 5.74) is 0. The number of phosphoric ester groups is 1. The molecule has 0 saturated heterocycles. The molecule has 0 radical (unpaired) electrons. The molecule has 0 heterocycles. The number of allylic oxidation sites excluding steroid dienone is 19. The zero-order valence-electron chi connectivity index (χ0n) is 58.6. The van der Waals surface area contributed by atoms with Gasteiger partial charge in [0, 0.05) is 12.8 Å². The van der Waals surface area contributed by atoms with Crippen molar-refractivity contribution in [1.82, 2.24) is 5.32 Å². The predicted molar refractivity (Wildman–Crippen MR) is 387 cm³/mol. The highest BCUT2D eigenvalue weighted by atomic mass is 31.2. The van der Waals surface area contributed by atoms with E-state index in [1.807, 2.05) is 33.3 Å². The number of hydrogen-bond acceptors (Lipinski definition) is 6. The highest BCUT2D eigenvalue weighted by molar-refractivity contribution is 7.47. The molecule has 512 valence electrons. The molecule has 0 rings (SSSR count). The van der Waals surface area contributed by atoms with Crippen LogP contribution in [0.25, 0.3) is 0 Å². The molecule has 3 atom stereocenters. The van der Waals surface area contributed by atoms with E-state index in [2.05, 4.69) is 135 Å². The molecule has 0 fully saturated rings. The monoisotopic (exact) mass is 1260 g/mol. The fraction of sp³-hybridized carbons (Fsp3) is 0.722. The van der Waals surface area contributed by atoms with E-state index in [4.69, 9.17) is 13.8 Å². The molecule has 0 saturated carbocycles. The number of ether oxygens (including phenoxy) is 1. The molecule has 0 aliphatic heterocycles. The Bertz CT molecular complexity index is 1940. The maximum atomic E-state index is 13.6. The zero-order valence-corrected chi connectivity index (χ0v) is 59.5. The predicted octanol–water partition coefficient (Wildman–Crippen LogP) is 23.8. The van der Waals surface area contributed by atoms with E-state index in [1.54, 1.807) is 0 Å². The Balaban J connectivity index is 5.12. The number of amides is 1. The molecule has 10 heteroatoms. The van der Waals surface area contributed by atoms with Gasteiger partial charge in [-0.2, -0.15) is 0 Å². The largest absolute Gasteiger partial charge is 0.472 e. The van der Waals surface area contributed by atoms with Gasteiger partial charge >= 0.3 is 13.8 Å². The molecule has 2 N–H and O–H groups in total. The van der Waals surface area contributed by atoms with Crippen LogP contribution in [-0.2, 0) is 27.9 Å². The maximum absolute atomic E-state index is 13.6. The van der Waals surface area contributed by atoms with E-state index in [0.717, 1.165) is 135 Å². The first-order valence-corrected chi connectivity index (χ1v) is 38.4. The van der Waals surface area contributed by atoms with E-state index >= 15 is 0 Å². The van der Waals surface area contributed by atoms with E-state index < -0.39 is 20.0 Å². The molecule has 0 aromatic rings. The van der Waals surface area contributed by atoms with E-state index in [1.165, 1.54) is 148 Å². The molecule has 89 heavy (non-hydrogen) atoms. The lowest BCUT2D eigenvalue weighted by molar-refractivity contribution is -0.870. The normalized spacial score (nSPS) is 14.2. The third kappa shape index (κ3) is 68.6. The highest BCUT2D eigenvalue weighted by Gasteiger charge is 2.30. The van der Waals surface area contributed by atoms with Crippen molar-refractivity contribution in [2.75, 3.05) is 40.9 Å². The first-order valence-electron chi connectivity index (χ1n) is 36.9. The van der Waals surface area contributed by atoms with Gasteiger partial charge in [-0.05, 0) is 122 Å². The summed E-state index contributed by atoms with van der Waals surface area (Å²) in [5.74, 6) is -0.523. The molecule has 1 amide bonds. The highest BCUT2D eigenvalue weighted by Crippen LogP contribution is 2.43. The number of phosphoric acid groups is 1. The van der Waals surface area contributed by atoms with Gasteiger partial charge in [-0.15, -0.1) is 0 Å². The van der Waals surface area contributed by atoms with Gasteiger partial charge in [-0.3, -0.25) is 18.6 Å². The molecule has 0 spiro atoms. The van der Waals surface area contributed by atoms with Crippen LogP contribution in [0, 0.1) is 0 Å². The van der Waals surface area contributed by atoms with Gasteiger partial charge in [0.05, 0.1) is 33.8 Å². The lowest BCUT2D eigenvalue weighted by Gasteiger charge is -2.27. The standard InChI is InChI=1S/C79H139N2O7P/c1-7-10-13-16-19-22-25-28-30-32-34-36-38-40-42-44-46-48-50-53-56-59-62-65-68-71-78(82)80-76(75-87-89(84,85)86-74-73-81(4,5)6)77(70-67-64-61-58-55-52-27-24-21-18-15-12-9-3)88-79(83)72-69-66-63-60-57-54-51-49-47-45-43-41-39-37-35-33-31-29-26-23-20-17-14-11-8-2/h11,14,19-20,22-23,28-31,34-37,41,43,47,49,67,70,76-77H,7-10,12-13,15-18,21,24-27,32-33,38-40,42,44-46,48,50-66,68-69,71-75H2,1-6H3,(H-,80,82,84,85)/p+1/b14-11-,22-19-,23-20-,30-28-,31-29-,36-34-,37-35-,43-41-,49-47-,70-67+. The Hall–Kier alpha value is -3.59. The Kier molecular flexibility index (Phi) is 64.6. The van der Waals surface area contributed by atoms with Crippen LogP contribution in [0.1, 0.15) is 316 Å². The van der Waals surface area contributed by atoms with Gasteiger partial charge in [0.2, 0.25) is 5.91 Å². The van der Waals surface area contributed by atoms with Crippen molar-refractivity contribution in [1.29, 1.82) is 0 Å². The van der Waals surface area contributed by atoms with Crippen LogP contribution in [0.4, 0.5) is 0 Å². The minimum Gasteiger partial charge on any atom is -0.456 e. The average molecular weight is 1260 g/mol. The van der Waals surface area contributed by atoms with Gasteiger partial charge in [0.15, 0.2) is 0 Å². The number of nitrogens with one attached hydrogen (secondary N) is 1. The summed E-state index contributed by atoms with van der Waals surface area (Å²) in [6.07, 6.45) is 94.9. The second-order valence-corrected chi connectivity index (χ2v) is 27.2. The second kappa shape index (κ2) is 67.3. The fourth-order valence-corrected chi connectivity index (χ4v) is 11.0. The second-order valence-electron chi connectivity index (χ2n) is 25.7. The molecular weight excluding hydrogens is 1120 g/mol. The van der Waals surface area contributed by atoms with Crippen molar-refractivity contribution in [3.05, 3.63) is 122 Å². The van der Waals surface area contributed by atoms with Crippen molar-refractivity contribution < 1.29 is 37.3 Å². The van der Waals surface area contributed by atoms with Gasteiger partial charge < -0.3 is 19.4 Å². The number of carbonyl (C=O) groups is 2. The zero-order chi connectivity index (χ0) is 64.9. The van der Waals surface area contributed by atoms with Gasteiger partial charge in [-0.1, -0.05) is 303 Å². The molecule has 3 unspecified atom stereocenters. The van der Waals surface area contributed by atoms with Crippen LogP contribution in [0.2, 0.25) is 0 Å². The molecule has 0 aromatic heterocycles. The number of esters is 1. The first-order chi connectivity index (χ1) is 43.4. The quantitative estimate of drug-likeness (QED) is 0.0205. The summed E-state index contributed by atoms with van der Waals surface area (Å²) in [5, 5.41) is 3.07. The smallest absolute Gasteiger partial charge is 0.456 e. The summed E-state index contributed by atoms with van der Waals surface area (Å²) in [7, 11) is 1.48. The van der Waals surface area contributed by atoms with Crippen molar-refractivity contribution in [3.63, 3.8) is 0 Å². The van der Waals surface area contributed by atoms with Crippen LogP contribution in [0.15, 0.2) is 122 Å². The lowest BCUT2D eigenvalue weighted by Crippen LogP contribution is -2.47. The number of hydrogen-bond donors (Lipinski definition) is 2. The number of nitrogens with zero attached hydrogens (tertiary/aromatic N) is 1. The number of rotatable bonds is 66.